The van der Waals surface area contributed by atoms with Gasteiger partial charge in [-0.05, 0) is 178 Å². The standard InChI is InChI=1S/C43H27NO.2C42H26N2O/c1-2-10-31(11-3-1)43-38(34-23-19-28-9-4-5-12-32(28)25-34)26-35-24-22-33(27-39(35)44-43)29-17-20-30(21-18-29)36-14-8-16-41-42(36)37-13-6-7-15-40(37)45-41;1-2-11-30(12-3-1)41-36-26-31(24-25-37(36)43-42(44-41)34-17-8-13-28-10-4-5-14-32(28)34)27-20-22-29(23-21-27)33-16-9-19-39-40(33)35-15-6-7-18-38(35)45-39;1-2-11-30(12-3-1)40-41(32-25-20-27-10-4-5-13-31(27)26-32)43-36-17-8-16-34(42(36)44-40)29-23-21-28(22-24-29)33-15-9-19-38-39(33)35-14-6-7-18-37(35)45-38/h1-27H;2*1-26H. The average molecular weight is 1720 g/mol. The Balaban J connectivity index is 0.000000108. The zero-order valence-electron chi connectivity index (χ0n) is 73.1. The smallest absolute Gasteiger partial charge is 0.161 e. The molecule has 27 rings (SSSR count). The van der Waals surface area contributed by atoms with Crippen molar-refractivity contribution in [3.8, 4) is 134 Å². The van der Waals surface area contributed by atoms with Crippen LogP contribution in [-0.2, 0) is 0 Å². The molecule has 0 aliphatic heterocycles. The molecule has 8 heteroatoms. The fourth-order valence-corrected chi connectivity index (χ4v) is 19.6. The normalized spacial score (nSPS) is 11.6. The van der Waals surface area contributed by atoms with Gasteiger partial charge < -0.3 is 13.3 Å². The maximum atomic E-state index is 6.15. The summed E-state index contributed by atoms with van der Waals surface area (Å²) in [5.41, 5.74) is 34.1. The number of furan rings is 3. The summed E-state index contributed by atoms with van der Waals surface area (Å²) in [6.07, 6.45) is 0. The Morgan fingerprint density at radius 2 is 0.504 bits per heavy atom. The van der Waals surface area contributed by atoms with Crippen LogP contribution >= 0.6 is 0 Å². The van der Waals surface area contributed by atoms with Crippen LogP contribution in [0.2, 0.25) is 0 Å². The van der Waals surface area contributed by atoms with Gasteiger partial charge in [-0.3, -0.25) is 0 Å². The molecule has 0 atom stereocenters. The van der Waals surface area contributed by atoms with E-state index in [0.29, 0.717) is 0 Å². The molecule has 27 aromatic rings. The van der Waals surface area contributed by atoms with Gasteiger partial charge >= 0.3 is 0 Å². The first kappa shape index (κ1) is 79.1. The topological polar surface area (TPSA) is 104 Å². The lowest BCUT2D eigenvalue weighted by atomic mass is 9.94. The Bertz CT molecular complexity index is 9290. The molecule has 0 aliphatic carbocycles. The van der Waals surface area contributed by atoms with Gasteiger partial charge in [0.15, 0.2) is 5.82 Å². The monoisotopic (exact) mass is 1720 g/mol. The van der Waals surface area contributed by atoms with E-state index in [4.69, 9.17) is 38.2 Å². The Labute approximate surface area is 777 Å². The maximum absolute atomic E-state index is 6.15. The van der Waals surface area contributed by atoms with E-state index in [1.165, 1.54) is 49.2 Å². The molecule has 0 N–H and O–H groups in total. The first-order valence-electron chi connectivity index (χ1n) is 45.6. The van der Waals surface area contributed by atoms with Gasteiger partial charge in [0.2, 0.25) is 0 Å². The van der Waals surface area contributed by atoms with Gasteiger partial charge in [-0.15, -0.1) is 0 Å². The number of hydrogen-bond donors (Lipinski definition) is 0. The third kappa shape index (κ3) is 14.7. The molecule has 135 heavy (non-hydrogen) atoms. The van der Waals surface area contributed by atoms with Crippen molar-refractivity contribution in [3.05, 3.63) is 479 Å². The Kier molecular flexibility index (Phi) is 19.8. The first-order valence-corrected chi connectivity index (χ1v) is 45.6. The number of pyridine rings is 1. The third-order valence-electron chi connectivity index (χ3n) is 26.2. The zero-order chi connectivity index (χ0) is 89.2. The van der Waals surface area contributed by atoms with Crippen molar-refractivity contribution in [2.45, 2.75) is 0 Å². The summed E-state index contributed by atoms with van der Waals surface area (Å²) in [5.74, 6) is 0.733. The summed E-state index contributed by atoms with van der Waals surface area (Å²) in [5, 5.41) is 16.2. The Hall–Kier alpha value is -18.1. The molecule has 0 fully saturated rings. The largest absolute Gasteiger partial charge is 0.456 e. The third-order valence-corrected chi connectivity index (χ3v) is 26.2. The van der Waals surface area contributed by atoms with Crippen LogP contribution < -0.4 is 0 Å². The van der Waals surface area contributed by atoms with Gasteiger partial charge in [-0.25, -0.2) is 24.9 Å². The lowest BCUT2D eigenvalue weighted by Crippen LogP contribution is -1.97. The van der Waals surface area contributed by atoms with Gasteiger partial charge in [0, 0.05) is 82.0 Å². The highest BCUT2D eigenvalue weighted by molar-refractivity contribution is 6.16. The average Bonchev–Trinajstić information content (AvgIpc) is 1.51. The fourth-order valence-electron chi connectivity index (χ4n) is 19.6. The number of nitrogens with zero attached hydrogens (tertiary/aromatic N) is 5. The van der Waals surface area contributed by atoms with Gasteiger partial charge in [0.05, 0.1) is 44.8 Å². The summed E-state index contributed by atoms with van der Waals surface area (Å²) in [6.45, 7) is 0. The summed E-state index contributed by atoms with van der Waals surface area (Å²) in [6, 6.07) is 168. The van der Waals surface area contributed by atoms with E-state index in [1.54, 1.807) is 0 Å². The van der Waals surface area contributed by atoms with Crippen LogP contribution in [0.5, 0.6) is 0 Å². The molecular formula is C127H79N5O3. The van der Waals surface area contributed by atoms with Crippen molar-refractivity contribution in [3.63, 3.8) is 0 Å². The second-order valence-corrected chi connectivity index (χ2v) is 34.3. The van der Waals surface area contributed by atoms with E-state index in [1.807, 2.05) is 66.7 Å². The lowest BCUT2D eigenvalue weighted by molar-refractivity contribution is 0.668. The summed E-state index contributed by atoms with van der Waals surface area (Å²) in [4.78, 5) is 26.2. The minimum atomic E-state index is 0.733. The highest BCUT2D eigenvalue weighted by Gasteiger charge is 2.23. The van der Waals surface area contributed by atoms with E-state index < -0.39 is 0 Å². The van der Waals surface area contributed by atoms with Crippen molar-refractivity contribution >= 4 is 131 Å². The zero-order valence-corrected chi connectivity index (χ0v) is 73.1. The molecule has 0 aliphatic rings. The molecule has 0 amide bonds. The molecule has 0 spiro atoms. The number of hydrogen-bond acceptors (Lipinski definition) is 8. The van der Waals surface area contributed by atoms with Crippen LogP contribution in [0.3, 0.4) is 0 Å². The quantitative estimate of drug-likeness (QED) is 0.119. The first-order chi connectivity index (χ1) is 66.9. The summed E-state index contributed by atoms with van der Waals surface area (Å²) >= 11 is 0. The molecular weight excluding hydrogens is 1640 g/mol. The summed E-state index contributed by atoms with van der Waals surface area (Å²) in [7, 11) is 0. The minimum Gasteiger partial charge on any atom is -0.456 e. The number of fused-ring (bicyclic) bond motifs is 15. The van der Waals surface area contributed by atoms with Crippen molar-refractivity contribution in [2.24, 2.45) is 0 Å². The minimum absolute atomic E-state index is 0.733. The van der Waals surface area contributed by atoms with Crippen molar-refractivity contribution in [2.75, 3.05) is 0 Å². The molecule has 0 saturated carbocycles. The van der Waals surface area contributed by atoms with Crippen molar-refractivity contribution < 1.29 is 13.3 Å². The summed E-state index contributed by atoms with van der Waals surface area (Å²) < 4.78 is 18.4. The predicted molar refractivity (Wildman–Crippen MR) is 560 cm³/mol. The molecule has 0 saturated heterocycles. The predicted octanol–water partition coefficient (Wildman–Crippen LogP) is 34.7. The highest BCUT2D eigenvalue weighted by atomic mass is 16.3. The van der Waals surface area contributed by atoms with Gasteiger partial charge in [0.25, 0.3) is 0 Å². The lowest BCUT2D eigenvalue weighted by Gasteiger charge is -2.14. The Morgan fingerprint density at radius 1 is 0.141 bits per heavy atom. The van der Waals surface area contributed by atoms with Crippen LogP contribution in [0, 0.1) is 0 Å². The van der Waals surface area contributed by atoms with Crippen LogP contribution in [-0.4, -0.2) is 24.9 Å². The van der Waals surface area contributed by atoms with Gasteiger partial charge in [0.1, 0.15) is 33.5 Å². The molecule has 6 heterocycles. The molecule has 630 valence electrons. The fraction of sp³-hybridized carbons (Fsp3) is 0. The molecule has 8 nitrogen and oxygen atoms in total. The van der Waals surface area contributed by atoms with Crippen molar-refractivity contribution in [1.29, 1.82) is 0 Å². The van der Waals surface area contributed by atoms with E-state index in [0.717, 1.165) is 216 Å². The van der Waals surface area contributed by atoms with Crippen LogP contribution in [0.1, 0.15) is 0 Å². The van der Waals surface area contributed by atoms with Crippen LogP contribution in [0.25, 0.3) is 265 Å². The molecule has 21 aromatic carbocycles. The van der Waals surface area contributed by atoms with Crippen LogP contribution in [0.4, 0.5) is 0 Å². The maximum Gasteiger partial charge on any atom is 0.161 e. The second kappa shape index (κ2) is 33.8. The Morgan fingerprint density at radius 3 is 1.05 bits per heavy atom. The molecule has 0 unspecified atom stereocenters. The number of para-hydroxylation sites is 4. The van der Waals surface area contributed by atoms with E-state index >= 15 is 0 Å². The molecule has 6 aromatic heterocycles. The highest BCUT2D eigenvalue weighted by Crippen LogP contribution is 2.46. The second-order valence-electron chi connectivity index (χ2n) is 34.3. The number of benzene rings is 21. The van der Waals surface area contributed by atoms with Gasteiger partial charge in [-0.1, -0.05) is 400 Å². The molecule has 0 bridgehead atoms. The van der Waals surface area contributed by atoms with E-state index in [2.05, 4.69) is 413 Å². The van der Waals surface area contributed by atoms with E-state index in [-0.39, 0.29) is 0 Å². The van der Waals surface area contributed by atoms with Crippen LogP contribution in [0.15, 0.2) is 492 Å². The number of aromatic nitrogens is 5. The van der Waals surface area contributed by atoms with Crippen molar-refractivity contribution in [1.82, 2.24) is 24.9 Å². The number of rotatable bonds is 12. The van der Waals surface area contributed by atoms with E-state index in [9.17, 15) is 0 Å². The SMILES string of the molecule is c1ccc(-c2nc(-c3cccc4ccccc34)nc3ccc(-c4ccc(-c5cccc6oc7ccccc7c56)cc4)cc23)cc1.c1ccc(-c2nc3c(-c4ccc(-c5cccc6oc7ccccc7c56)cc4)cccc3nc2-c2ccc3ccccc3c2)cc1.c1ccc(-c2nc3cc(-c4ccc(-c5cccc6oc7ccccc7c56)cc4)ccc3cc2-c2ccc3ccccc3c2)cc1. The van der Waals surface area contributed by atoms with Gasteiger partial charge in [-0.2, -0.15) is 0 Å². The molecule has 0 radical (unpaired) electrons.